The van der Waals surface area contributed by atoms with Gasteiger partial charge in [0, 0.05) is 20.2 Å². The highest BCUT2D eigenvalue weighted by Crippen LogP contribution is 2.38. The molecule has 0 aliphatic rings. The van der Waals surface area contributed by atoms with Crippen LogP contribution >= 0.6 is 0 Å². The fourth-order valence-electron chi connectivity index (χ4n) is 2.76. The maximum absolute atomic E-state index is 6.02. The van der Waals surface area contributed by atoms with E-state index >= 15 is 0 Å². The summed E-state index contributed by atoms with van der Waals surface area (Å²) in [6.45, 7) is 14.3. The Bertz CT molecular complexity index is 190. The van der Waals surface area contributed by atoms with Gasteiger partial charge in [-0.1, -0.05) is 34.6 Å². The predicted octanol–water partition coefficient (Wildman–Crippen LogP) is 2.58. The van der Waals surface area contributed by atoms with Crippen LogP contribution in [0.2, 0.25) is 17.1 Å². The molecule has 0 aliphatic heterocycles. The second-order valence-electron chi connectivity index (χ2n) is 5.77. The van der Waals surface area contributed by atoms with Crippen LogP contribution < -0.4 is 11.1 Å². The Morgan fingerprint density at radius 3 is 2.00 bits per heavy atom. The van der Waals surface area contributed by atoms with Gasteiger partial charge in [-0.3, -0.25) is 0 Å². The zero-order valence-electron chi connectivity index (χ0n) is 12.5. The molecule has 1 atom stereocenters. The molecule has 0 aromatic rings. The van der Waals surface area contributed by atoms with E-state index in [4.69, 9.17) is 10.2 Å². The first kappa shape index (κ1) is 17.1. The van der Waals surface area contributed by atoms with Crippen molar-refractivity contribution in [2.75, 3.05) is 26.7 Å². The first-order valence-electron chi connectivity index (χ1n) is 6.86. The van der Waals surface area contributed by atoms with E-state index in [1.54, 1.807) is 0 Å². The third kappa shape index (κ3) is 5.08. The summed E-state index contributed by atoms with van der Waals surface area (Å²) in [5.41, 5.74) is 6.83. The van der Waals surface area contributed by atoms with E-state index in [9.17, 15) is 0 Å². The second kappa shape index (κ2) is 8.24. The number of rotatable bonds is 9. The van der Waals surface area contributed by atoms with Crippen LogP contribution in [-0.2, 0) is 4.43 Å². The summed E-state index contributed by atoms with van der Waals surface area (Å²) in [7, 11) is 0.290. The van der Waals surface area contributed by atoms with Gasteiger partial charge in [0.05, 0.1) is 0 Å². The van der Waals surface area contributed by atoms with E-state index in [1.165, 1.54) is 6.04 Å². The monoisotopic (exact) mass is 260 g/mol. The molecular formula is C13H32N2OSi. The van der Waals surface area contributed by atoms with Gasteiger partial charge in [0.15, 0.2) is 8.32 Å². The topological polar surface area (TPSA) is 47.3 Å². The molecule has 0 bridgehead atoms. The van der Waals surface area contributed by atoms with Crippen molar-refractivity contribution in [3.8, 4) is 0 Å². The molecular weight excluding hydrogens is 228 g/mol. The molecule has 0 fully saturated rings. The highest BCUT2D eigenvalue weighted by atomic mass is 28.4. The maximum Gasteiger partial charge on any atom is 0.197 e. The largest absolute Gasteiger partial charge is 0.419 e. The molecule has 0 heterocycles. The number of nitrogens with two attached hydrogens (primary N) is 1. The van der Waals surface area contributed by atoms with E-state index in [-0.39, 0.29) is 0 Å². The molecule has 3 N–H and O–H groups in total. The SMILES string of the molecule is CO[Si](CC(C)CNCCN)(C(C)C)C(C)C. The molecule has 0 aromatic heterocycles. The van der Waals surface area contributed by atoms with Crippen LogP contribution in [0.1, 0.15) is 34.6 Å². The fraction of sp³-hybridized carbons (Fsp3) is 1.00. The Morgan fingerprint density at radius 2 is 1.65 bits per heavy atom. The molecule has 17 heavy (non-hydrogen) atoms. The van der Waals surface area contributed by atoms with E-state index in [2.05, 4.69) is 39.9 Å². The highest BCUT2D eigenvalue weighted by Gasteiger charge is 2.41. The molecule has 0 spiro atoms. The van der Waals surface area contributed by atoms with Crippen molar-refractivity contribution < 1.29 is 4.43 Å². The van der Waals surface area contributed by atoms with Gasteiger partial charge >= 0.3 is 0 Å². The minimum atomic E-state index is -1.62. The number of hydrogen-bond donors (Lipinski definition) is 2. The van der Waals surface area contributed by atoms with Gasteiger partial charge in [-0.25, -0.2) is 0 Å². The van der Waals surface area contributed by atoms with Crippen molar-refractivity contribution in [1.82, 2.24) is 5.32 Å². The van der Waals surface area contributed by atoms with Crippen LogP contribution in [0.15, 0.2) is 0 Å². The summed E-state index contributed by atoms with van der Waals surface area (Å²) in [6, 6.07) is 1.23. The summed E-state index contributed by atoms with van der Waals surface area (Å²) in [4.78, 5) is 0. The molecule has 0 aromatic carbocycles. The molecule has 3 nitrogen and oxygen atoms in total. The first-order chi connectivity index (χ1) is 7.90. The average Bonchev–Trinajstić information content (AvgIpc) is 2.25. The molecule has 104 valence electrons. The molecule has 0 radical (unpaired) electrons. The van der Waals surface area contributed by atoms with Crippen molar-refractivity contribution >= 4 is 8.32 Å². The predicted molar refractivity (Wildman–Crippen MR) is 78.9 cm³/mol. The van der Waals surface area contributed by atoms with E-state index in [0.29, 0.717) is 23.5 Å². The lowest BCUT2D eigenvalue weighted by molar-refractivity contribution is 0.358. The van der Waals surface area contributed by atoms with Gasteiger partial charge in [-0.15, -0.1) is 0 Å². The average molecular weight is 260 g/mol. The third-order valence-corrected chi connectivity index (χ3v) is 9.82. The van der Waals surface area contributed by atoms with E-state index in [1.807, 2.05) is 7.11 Å². The zero-order valence-corrected chi connectivity index (χ0v) is 13.5. The van der Waals surface area contributed by atoms with Crippen molar-refractivity contribution in [1.29, 1.82) is 0 Å². The standard InChI is InChI=1S/C13H32N2OSi/c1-11(2)17(16-6,12(3)4)10-13(5)9-15-8-7-14/h11-13,15H,7-10,14H2,1-6H3. The first-order valence-corrected chi connectivity index (χ1v) is 9.13. The Morgan fingerprint density at radius 1 is 1.12 bits per heavy atom. The van der Waals surface area contributed by atoms with E-state index in [0.717, 1.165) is 13.1 Å². The van der Waals surface area contributed by atoms with Crippen LogP contribution in [0.3, 0.4) is 0 Å². The van der Waals surface area contributed by atoms with Crippen LogP contribution in [0.4, 0.5) is 0 Å². The molecule has 0 amide bonds. The summed E-state index contributed by atoms with van der Waals surface area (Å²) in [5.74, 6) is 0.665. The van der Waals surface area contributed by atoms with Gasteiger partial charge in [0.25, 0.3) is 0 Å². The highest BCUT2D eigenvalue weighted by molar-refractivity contribution is 6.76. The molecule has 0 aliphatic carbocycles. The number of nitrogens with one attached hydrogen (secondary N) is 1. The molecule has 4 heteroatoms. The van der Waals surface area contributed by atoms with Crippen molar-refractivity contribution in [3.63, 3.8) is 0 Å². The minimum Gasteiger partial charge on any atom is -0.419 e. The second-order valence-corrected chi connectivity index (χ2v) is 10.8. The lowest BCUT2D eigenvalue weighted by atomic mass is 10.2. The zero-order chi connectivity index (χ0) is 13.5. The van der Waals surface area contributed by atoms with Crippen LogP contribution in [0.5, 0.6) is 0 Å². The Hall–Kier alpha value is 0.0969. The number of hydrogen-bond acceptors (Lipinski definition) is 3. The Kier molecular flexibility index (Phi) is 8.29. The van der Waals surface area contributed by atoms with Gasteiger partial charge in [-0.2, -0.15) is 0 Å². The smallest absolute Gasteiger partial charge is 0.197 e. The summed E-state index contributed by atoms with van der Waals surface area (Å²) < 4.78 is 6.02. The van der Waals surface area contributed by atoms with Crippen LogP contribution in [0.25, 0.3) is 0 Å². The van der Waals surface area contributed by atoms with Crippen molar-refractivity contribution in [2.24, 2.45) is 11.7 Å². The lowest BCUT2D eigenvalue weighted by Gasteiger charge is -2.39. The van der Waals surface area contributed by atoms with E-state index < -0.39 is 8.32 Å². The van der Waals surface area contributed by atoms with Crippen LogP contribution in [-0.4, -0.2) is 35.1 Å². The van der Waals surface area contributed by atoms with Crippen molar-refractivity contribution in [3.05, 3.63) is 0 Å². The summed E-state index contributed by atoms with van der Waals surface area (Å²) >= 11 is 0. The van der Waals surface area contributed by atoms with Gasteiger partial charge < -0.3 is 15.5 Å². The quantitative estimate of drug-likeness (QED) is 0.495. The molecule has 0 saturated carbocycles. The maximum atomic E-state index is 6.02. The minimum absolute atomic E-state index is 0.665. The Labute approximate surface area is 109 Å². The van der Waals surface area contributed by atoms with Gasteiger partial charge in [-0.05, 0) is 29.6 Å². The van der Waals surface area contributed by atoms with Crippen LogP contribution in [0, 0.1) is 5.92 Å². The van der Waals surface area contributed by atoms with Crippen molar-refractivity contribution in [2.45, 2.75) is 51.7 Å². The van der Waals surface area contributed by atoms with Gasteiger partial charge in [0.2, 0.25) is 0 Å². The molecule has 0 rings (SSSR count). The van der Waals surface area contributed by atoms with Gasteiger partial charge in [0.1, 0.15) is 0 Å². The summed E-state index contributed by atoms with van der Waals surface area (Å²) in [6.07, 6.45) is 0. The normalized spacial score (nSPS) is 14.6. The summed E-state index contributed by atoms with van der Waals surface area (Å²) in [5, 5.41) is 3.40. The third-order valence-electron chi connectivity index (χ3n) is 3.82. The Balaban J connectivity index is 4.42. The molecule has 0 saturated heterocycles. The molecule has 1 unspecified atom stereocenters. The lowest BCUT2D eigenvalue weighted by Crippen LogP contribution is -2.46. The fourth-order valence-corrected chi connectivity index (χ4v) is 7.38.